The number of pyridine rings is 1. The second-order valence-electron chi connectivity index (χ2n) is 7.51. The summed E-state index contributed by atoms with van der Waals surface area (Å²) in [6.45, 7) is 2.73. The van der Waals surface area contributed by atoms with Crippen molar-refractivity contribution in [2.75, 3.05) is 16.8 Å². The zero-order valence-electron chi connectivity index (χ0n) is 17.0. The summed E-state index contributed by atoms with van der Waals surface area (Å²) in [7, 11) is 0. The lowest BCUT2D eigenvalue weighted by Crippen LogP contribution is -2.28. The number of aryl methyl sites for hydroxylation is 1. The first-order valence-corrected chi connectivity index (χ1v) is 10.8. The molecule has 7 heteroatoms. The van der Waals surface area contributed by atoms with Crippen molar-refractivity contribution in [1.29, 1.82) is 0 Å². The molecule has 3 aromatic rings. The molecule has 2 amide bonds. The molecule has 1 saturated heterocycles. The fourth-order valence-corrected chi connectivity index (χ4v) is 3.73. The number of aromatic nitrogens is 1. The van der Waals surface area contributed by atoms with E-state index in [0.717, 1.165) is 21.3 Å². The number of carbonyl (C=O) groups is 2. The van der Waals surface area contributed by atoms with E-state index in [4.69, 9.17) is 4.74 Å². The standard InChI is InChI=1S/C24H22BrN3O3/c1-16-10-20(7-8-22(16)25)28-14-18(11-23(28)29)24(30)27-19-5-2-6-21(12-19)31-15-17-4-3-9-26-13-17/h2-10,12-13,18H,11,14-15H2,1H3,(H,27,30). The SMILES string of the molecule is Cc1cc(N2CC(C(=O)Nc3cccc(OCc4cccnc4)c3)CC2=O)ccc1Br. The van der Waals surface area contributed by atoms with Crippen LogP contribution in [0.1, 0.15) is 17.5 Å². The Morgan fingerprint density at radius 3 is 2.87 bits per heavy atom. The number of amides is 2. The van der Waals surface area contributed by atoms with Crippen molar-refractivity contribution in [3.05, 3.63) is 82.6 Å². The van der Waals surface area contributed by atoms with Gasteiger partial charge in [0.1, 0.15) is 12.4 Å². The highest BCUT2D eigenvalue weighted by Crippen LogP contribution is 2.29. The third-order valence-corrected chi connectivity index (χ3v) is 6.07. The van der Waals surface area contributed by atoms with Gasteiger partial charge in [0.25, 0.3) is 0 Å². The van der Waals surface area contributed by atoms with Gasteiger partial charge in [-0.2, -0.15) is 0 Å². The number of ether oxygens (including phenoxy) is 1. The summed E-state index contributed by atoms with van der Waals surface area (Å²) < 4.78 is 6.78. The molecule has 0 radical (unpaired) electrons. The van der Waals surface area contributed by atoms with E-state index in [1.54, 1.807) is 23.4 Å². The molecular weight excluding hydrogens is 458 g/mol. The van der Waals surface area contributed by atoms with Crippen molar-refractivity contribution in [1.82, 2.24) is 4.98 Å². The van der Waals surface area contributed by atoms with Gasteiger partial charge in [0.15, 0.2) is 0 Å². The number of carbonyl (C=O) groups excluding carboxylic acids is 2. The Balaban J connectivity index is 1.38. The Bertz CT molecular complexity index is 1100. The Morgan fingerprint density at radius 2 is 2.10 bits per heavy atom. The van der Waals surface area contributed by atoms with Gasteiger partial charge in [-0.3, -0.25) is 14.6 Å². The van der Waals surface area contributed by atoms with Crippen molar-refractivity contribution in [2.45, 2.75) is 20.0 Å². The van der Waals surface area contributed by atoms with Gasteiger partial charge in [-0.05, 0) is 48.9 Å². The van der Waals surface area contributed by atoms with Gasteiger partial charge in [-0.15, -0.1) is 0 Å². The van der Waals surface area contributed by atoms with Crippen LogP contribution in [-0.4, -0.2) is 23.3 Å². The van der Waals surface area contributed by atoms with E-state index < -0.39 is 5.92 Å². The minimum Gasteiger partial charge on any atom is -0.489 e. The average Bonchev–Trinajstić information content (AvgIpc) is 3.17. The predicted octanol–water partition coefficient (Wildman–Crippen LogP) is 4.72. The molecule has 4 rings (SSSR count). The molecular formula is C24H22BrN3O3. The molecule has 1 unspecified atom stereocenters. The molecule has 1 fully saturated rings. The van der Waals surface area contributed by atoms with E-state index in [1.165, 1.54) is 0 Å². The van der Waals surface area contributed by atoms with Crippen LogP contribution in [0.15, 0.2) is 71.5 Å². The molecule has 1 aromatic heterocycles. The lowest BCUT2D eigenvalue weighted by Gasteiger charge is -2.18. The molecule has 0 bridgehead atoms. The van der Waals surface area contributed by atoms with Crippen LogP contribution >= 0.6 is 15.9 Å². The number of halogens is 1. The molecule has 1 N–H and O–H groups in total. The van der Waals surface area contributed by atoms with Crippen molar-refractivity contribution in [2.24, 2.45) is 5.92 Å². The molecule has 0 saturated carbocycles. The molecule has 0 spiro atoms. The number of anilines is 2. The van der Waals surface area contributed by atoms with Crippen molar-refractivity contribution in [3.8, 4) is 5.75 Å². The summed E-state index contributed by atoms with van der Waals surface area (Å²) in [6, 6.07) is 16.8. The minimum atomic E-state index is -0.406. The number of hydrogen-bond acceptors (Lipinski definition) is 4. The maximum absolute atomic E-state index is 12.8. The van der Waals surface area contributed by atoms with E-state index in [2.05, 4.69) is 26.2 Å². The van der Waals surface area contributed by atoms with Crippen LogP contribution in [0.3, 0.4) is 0 Å². The van der Waals surface area contributed by atoms with Crippen LogP contribution in [0, 0.1) is 12.8 Å². The monoisotopic (exact) mass is 479 g/mol. The number of benzene rings is 2. The molecule has 0 aliphatic carbocycles. The fourth-order valence-electron chi connectivity index (χ4n) is 3.49. The van der Waals surface area contributed by atoms with E-state index in [9.17, 15) is 9.59 Å². The second kappa shape index (κ2) is 9.31. The summed E-state index contributed by atoms with van der Waals surface area (Å²) in [6.07, 6.45) is 3.66. The van der Waals surface area contributed by atoms with E-state index in [1.807, 2.05) is 55.5 Å². The molecule has 2 aromatic carbocycles. The van der Waals surface area contributed by atoms with Gasteiger partial charge >= 0.3 is 0 Å². The second-order valence-corrected chi connectivity index (χ2v) is 8.36. The summed E-state index contributed by atoms with van der Waals surface area (Å²) in [5.41, 5.74) is 3.46. The number of nitrogens with one attached hydrogen (secondary N) is 1. The highest BCUT2D eigenvalue weighted by Gasteiger charge is 2.35. The van der Waals surface area contributed by atoms with E-state index >= 15 is 0 Å². The number of hydrogen-bond donors (Lipinski definition) is 1. The molecule has 1 atom stereocenters. The molecule has 2 heterocycles. The van der Waals surface area contributed by atoms with Crippen LogP contribution < -0.4 is 15.0 Å². The van der Waals surface area contributed by atoms with Gasteiger partial charge in [0.05, 0.1) is 5.92 Å². The zero-order chi connectivity index (χ0) is 21.8. The van der Waals surface area contributed by atoms with E-state index in [0.29, 0.717) is 24.6 Å². The van der Waals surface area contributed by atoms with Crippen molar-refractivity contribution < 1.29 is 14.3 Å². The first-order chi connectivity index (χ1) is 15.0. The van der Waals surface area contributed by atoms with Gasteiger partial charge in [-0.1, -0.05) is 28.1 Å². The maximum atomic E-state index is 12.8. The van der Waals surface area contributed by atoms with Crippen LogP contribution in [-0.2, 0) is 16.2 Å². The minimum absolute atomic E-state index is 0.0459. The van der Waals surface area contributed by atoms with Crippen LogP contribution in [0.4, 0.5) is 11.4 Å². The Morgan fingerprint density at radius 1 is 1.23 bits per heavy atom. The van der Waals surface area contributed by atoms with Gasteiger partial charge < -0.3 is 15.0 Å². The predicted molar refractivity (Wildman–Crippen MR) is 123 cm³/mol. The quantitative estimate of drug-likeness (QED) is 0.554. The summed E-state index contributed by atoms with van der Waals surface area (Å²) >= 11 is 3.47. The highest BCUT2D eigenvalue weighted by atomic mass is 79.9. The van der Waals surface area contributed by atoms with Crippen LogP contribution in [0.25, 0.3) is 0 Å². The topological polar surface area (TPSA) is 71.5 Å². The van der Waals surface area contributed by atoms with Gasteiger partial charge in [-0.25, -0.2) is 0 Å². The Kier molecular flexibility index (Phi) is 6.32. The Hall–Kier alpha value is -3.19. The van der Waals surface area contributed by atoms with Crippen LogP contribution in [0.2, 0.25) is 0 Å². The Labute approximate surface area is 189 Å². The number of nitrogens with zero attached hydrogens (tertiary/aromatic N) is 2. The van der Waals surface area contributed by atoms with Crippen molar-refractivity contribution in [3.63, 3.8) is 0 Å². The molecule has 158 valence electrons. The van der Waals surface area contributed by atoms with Gasteiger partial charge in [0, 0.05) is 52.8 Å². The normalized spacial score (nSPS) is 15.7. The third kappa shape index (κ3) is 5.11. The summed E-state index contributed by atoms with van der Waals surface area (Å²) in [5, 5.41) is 2.92. The molecule has 31 heavy (non-hydrogen) atoms. The molecule has 6 nitrogen and oxygen atoms in total. The first kappa shape index (κ1) is 21.1. The van der Waals surface area contributed by atoms with Crippen molar-refractivity contribution >= 4 is 39.1 Å². The molecule has 1 aliphatic heterocycles. The first-order valence-electron chi connectivity index (χ1n) is 9.99. The highest BCUT2D eigenvalue weighted by molar-refractivity contribution is 9.10. The lowest BCUT2D eigenvalue weighted by atomic mass is 10.1. The summed E-state index contributed by atoms with van der Waals surface area (Å²) in [4.78, 5) is 31.1. The largest absolute Gasteiger partial charge is 0.489 e. The zero-order valence-corrected chi connectivity index (χ0v) is 18.6. The summed E-state index contributed by atoms with van der Waals surface area (Å²) in [5.74, 6) is 0.0251. The fraction of sp³-hybridized carbons (Fsp3) is 0.208. The smallest absolute Gasteiger partial charge is 0.229 e. The molecule has 1 aliphatic rings. The third-order valence-electron chi connectivity index (χ3n) is 5.18. The average molecular weight is 480 g/mol. The maximum Gasteiger partial charge on any atom is 0.229 e. The lowest BCUT2D eigenvalue weighted by molar-refractivity contribution is -0.122. The van der Waals surface area contributed by atoms with Crippen LogP contribution in [0.5, 0.6) is 5.75 Å². The number of rotatable bonds is 6. The van der Waals surface area contributed by atoms with Gasteiger partial charge in [0.2, 0.25) is 11.8 Å². The van der Waals surface area contributed by atoms with E-state index in [-0.39, 0.29) is 18.2 Å².